The quantitative estimate of drug-likeness (QED) is 0.762. The minimum atomic E-state index is -1.30. The Kier molecular flexibility index (Phi) is 2.84. The van der Waals surface area contributed by atoms with Crippen LogP contribution >= 0.6 is 22.9 Å². The fraction of sp³-hybridized carbons (Fsp3) is 0.167. The van der Waals surface area contributed by atoms with Gasteiger partial charge in [0.05, 0.1) is 7.11 Å². The molecular formula is C6H4ClNO4S. The van der Waals surface area contributed by atoms with E-state index in [2.05, 4.69) is 9.72 Å². The largest absolute Gasteiger partial charge is 0.476 e. The molecule has 1 heterocycles. The number of halogens is 1. The van der Waals surface area contributed by atoms with E-state index >= 15 is 0 Å². The first-order valence-electron chi connectivity index (χ1n) is 3.04. The Balaban J connectivity index is 3.19. The van der Waals surface area contributed by atoms with Gasteiger partial charge in [-0.1, -0.05) is 22.9 Å². The first kappa shape index (κ1) is 9.94. The van der Waals surface area contributed by atoms with Crippen LogP contribution in [0.3, 0.4) is 0 Å². The highest BCUT2D eigenvalue weighted by molar-refractivity contribution is 7.17. The predicted molar refractivity (Wildman–Crippen MR) is 45.4 cm³/mol. The lowest BCUT2D eigenvalue weighted by molar-refractivity contribution is 0.0587. The maximum absolute atomic E-state index is 11.0. The normalized spacial score (nSPS) is 9.69. The van der Waals surface area contributed by atoms with Crippen molar-refractivity contribution in [3.63, 3.8) is 0 Å². The number of aromatic carboxylic acids is 1. The third kappa shape index (κ3) is 1.96. The van der Waals surface area contributed by atoms with E-state index in [0.717, 1.165) is 18.4 Å². The fourth-order valence-corrected chi connectivity index (χ4v) is 1.69. The van der Waals surface area contributed by atoms with Crippen LogP contribution in [-0.2, 0) is 4.74 Å². The molecule has 0 aliphatic rings. The highest BCUT2D eigenvalue weighted by Gasteiger charge is 2.22. The van der Waals surface area contributed by atoms with E-state index in [9.17, 15) is 9.59 Å². The van der Waals surface area contributed by atoms with Crippen LogP contribution in [0.25, 0.3) is 0 Å². The van der Waals surface area contributed by atoms with Gasteiger partial charge in [-0.05, 0) is 0 Å². The second-order valence-corrected chi connectivity index (χ2v) is 3.52. The van der Waals surface area contributed by atoms with Crippen LogP contribution in [0.5, 0.6) is 0 Å². The number of carboxylic acids is 1. The van der Waals surface area contributed by atoms with Crippen LogP contribution < -0.4 is 0 Å². The lowest BCUT2D eigenvalue weighted by Gasteiger charge is -1.94. The van der Waals surface area contributed by atoms with E-state index in [-0.39, 0.29) is 15.0 Å². The first-order valence-corrected chi connectivity index (χ1v) is 4.23. The number of esters is 1. The van der Waals surface area contributed by atoms with Gasteiger partial charge in [0.2, 0.25) is 0 Å². The summed E-state index contributed by atoms with van der Waals surface area (Å²) in [6.45, 7) is 0. The summed E-state index contributed by atoms with van der Waals surface area (Å²) in [7, 11) is 1.15. The number of carbonyl (C=O) groups is 2. The molecule has 5 nitrogen and oxygen atoms in total. The smallest absolute Gasteiger partial charge is 0.356 e. The van der Waals surface area contributed by atoms with E-state index in [1.807, 2.05) is 0 Å². The average molecular weight is 222 g/mol. The second-order valence-electron chi connectivity index (χ2n) is 1.94. The number of nitrogens with zero attached hydrogens (tertiary/aromatic N) is 1. The summed E-state index contributed by atoms with van der Waals surface area (Å²) >= 11 is 6.22. The van der Waals surface area contributed by atoms with Crippen LogP contribution in [0.4, 0.5) is 0 Å². The van der Waals surface area contributed by atoms with Crippen LogP contribution in [-0.4, -0.2) is 29.1 Å². The Morgan fingerprint density at radius 1 is 1.62 bits per heavy atom. The molecule has 7 heteroatoms. The summed E-state index contributed by atoms with van der Waals surface area (Å²) in [5.41, 5.74) is -0.373. The summed E-state index contributed by atoms with van der Waals surface area (Å²) in [6.07, 6.45) is 0. The van der Waals surface area contributed by atoms with Gasteiger partial charge in [-0.25, -0.2) is 14.6 Å². The van der Waals surface area contributed by atoms with Gasteiger partial charge in [-0.15, -0.1) is 0 Å². The summed E-state index contributed by atoms with van der Waals surface area (Å²) in [5, 5.41) is 8.60. The van der Waals surface area contributed by atoms with Gasteiger partial charge in [0.15, 0.2) is 10.2 Å². The highest BCUT2D eigenvalue weighted by Crippen LogP contribution is 2.23. The molecule has 0 aromatic carbocycles. The van der Waals surface area contributed by atoms with Crippen LogP contribution in [0.2, 0.25) is 4.47 Å². The molecule has 70 valence electrons. The predicted octanol–water partition coefficient (Wildman–Crippen LogP) is 1.28. The van der Waals surface area contributed by atoms with Crippen molar-refractivity contribution in [3.05, 3.63) is 15.0 Å². The van der Waals surface area contributed by atoms with Crippen molar-refractivity contribution < 1.29 is 19.4 Å². The molecule has 0 saturated heterocycles. The Morgan fingerprint density at radius 3 is 2.69 bits per heavy atom. The molecule has 1 aromatic rings. The van der Waals surface area contributed by atoms with Gasteiger partial charge in [-0.3, -0.25) is 0 Å². The third-order valence-corrected chi connectivity index (χ3v) is 2.31. The molecule has 1 aromatic heterocycles. The molecule has 0 spiro atoms. The molecule has 0 bridgehead atoms. The third-order valence-electron chi connectivity index (χ3n) is 1.17. The van der Waals surface area contributed by atoms with Gasteiger partial charge < -0.3 is 9.84 Å². The topological polar surface area (TPSA) is 76.5 Å². The van der Waals surface area contributed by atoms with Crippen LogP contribution in [0, 0.1) is 0 Å². The number of carbonyl (C=O) groups excluding carboxylic acids is 1. The lowest BCUT2D eigenvalue weighted by Crippen LogP contribution is -2.07. The van der Waals surface area contributed by atoms with E-state index < -0.39 is 11.9 Å². The lowest BCUT2D eigenvalue weighted by atomic mass is 10.4. The Hall–Kier alpha value is -1.14. The first-order chi connectivity index (χ1) is 6.06. The SMILES string of the molecule is COC(=O)c1sc(Cl)nc1C(=O)O. The number of hydrogen-bond acceptors (Lipinski definition) is 5. The zero-order chi connectivity index (χ0) is 10.0. The maximum atomic E-state index is 11.0. The molecule has 13 heavy (non-hydrogen) atoms. The summed E-state index contributed by atoms with van der Waals surface area (Å²) in [6, 6.07) is 0. The molecule has 0 unspecified atom stereocenters. The van der Waals surface area contributed by atoms with Gasteiger partial charge in [0, 0.05) is 0 Å². The molecule has 1 rings (SSSR count). The van der Waals surface area contributed by atoms with E-state index in [1.54, 1.807) is 0 Å². The molecule has 1 N–H and O–H groups in total. The summed E-state index contributed by atoms with van der Waals surface area (Å²) < 4.78 is 4.35. The van der Waals surface area contributed by atoms with Crippen LogP contribution in [0.15, 0.2) is 0 Å². The van der Waals surface area contributed by atoms with Crippen molar-refractivity contribution in [1.82, 2.24) is 4.98 Å². The summed E-state index contributed by atoms with van der Waals surface area (Å²) in [4.78, 5) is 24.9. The average Bonchev–Trinajstić information content (AvgIpc) is 2.46. The highest BCUT2D eigenvalue weighted by atomic mass is 35.5. The molecule has 0 aliphatic carbocycles. The zero-order valence-corrected chi connectivity index (χ0v) is 7.98. The molecule has 0 amide bonds. The molecule has 0 aliphatic heterocycles. The standard InChI is InChI=1S/C6H4ClNO4S/c1-12-5(11)3-2(4(9)10)8-6(7)13-3/h1H3,(H,9,10). The van der Waals surface area contributed by atoms with Gasteiger partial charge in [-0.2, -0.15) is 0 Å². The van der Waals surface area contributed by atoms with E-state index in [4.69, 9.17) is 16.7 Å². The molecule has 0 saturated carbocycles. The monoisotopic (exact) mass is 221 g/mol. The maximum Gasteiger partial charge on any atom is 0.356 e. The van der Waals surface area contributed by atoms with Crippen molar-refractivity contribution in [1.29, 1.82) is 0 Å². The number of methoxy groups -OCH3 is 1. The van der Waals surface area contributed by atoms with Gasteiger partial charge in [0.25, 0.3) is 0 Å². The Labute approximate surface area is 81.9 Å². The van der Waals surface area contributed by atoms with Gasteiger partial charge >= 0.3 is 11.9 Å². The molecule has 0 radical (unpaired) electrons. The van der Waals surface area contributed by atoms with Crippen molar-refractivity contribution in [2.75, 3.05) is 7.11 Å². The Morgan fingerprint density at radius 2 is 2.23 bits per heavy atom. The zero-order valence-electron chi connectivity index (χ0n) is 6.41. The number of hydrogen-bond donors (Lipinski definition) is 1. The number of aromatic nitrogens is 1. The summed E-state index contributed by atoms with van der Waals surface area (Å²) in [5.74, 6) is -2.05. The van der Waals surface area contributed by atoms with Gasteiger partial charge in [0.1, 0.15) is 4.88 Å². The van der Waals surface area contributed by atoms with E-state index in [0.29, 0.717) is 0 Å². The van der Waals surface area contributed by atoms with Crippen molar-refractivity contribution in [2.45, 2.75) is 0 Å². The van der Waals surface area contributed by atoms with Crippen LogP contribution in [0.1, 0.15) is 20.2 Å². The number of rotatable bonds is 2. The molecule has 0 fully saturated rings. The number of carboxylic acid groups (broad SMARTS) is 1. The number of ether oxygens (including phenoxy) is 1. The minimum absolute atomic E-state index is 0.00204. The van der Waals surface area contributed by atoms with Crippen molar-refractivity contribution >= 4 is 34.9 Å². The molecular weight excluding hydrogens is 218 g/mol. The molecule has 0 atom stereocenters. The number of thiazole rings is 1. The second kappa shape index (κ2) is 3.71. The Bertz CT molecular complexity index is 362. The minimum Gasteiger partial charge on any atom is -0.476 e. The van der Waals surface area contributed by atoms with Crippen molar-refractivity contribution in [3.8, 4) is 0 Å². The fourth-order valence-electron chi connectivity index (χ4n) is 0.670. The van der Waals surface area contributed by atoms with Crippen molar-refractivity contribution in [2.24, 2.45) is 0 Å². The van der Waals surface area contributed by atoms with E-state index in [1.165, 1.54) is 0 Å².